The van der Waals surface area contributed by atoms with Crippen molar-refractivity contribution in [2.75, 3.05) is 6.54 Å². The van der Waals surface area contributed by atoms with Crippen molar-refractivity contribution in [3.05, 3.63) is 74.6 Å². The van der Waals surface area contributed by atoms with Crippen LogP contribution in [0.5, 0.6) is 0 Å². The Morgan fingerprint density at radius 2 is 1.78 bits per heavy atom. The Bertz CT molecular complexity index is 1600. The number of amides is 1. The maximum absolute atomic E-state index is 14.0. The normalized spacial score (nSPS) is 27.3. The summed E-state index contributed by atoms with van der Waals surface area (Å²) < 4.78 is 38.1. The highest BCUT2D eigenvalue weighted by Gasteiger charge is 2.53. The molecular formula is C29H29Cl2N3O6S. The minimum absolute atomic E-state index is 0.0746. The second-order valence-electron chi connectivity index (χ2n) is 11.7. The number of nitrogens with zero attached hydrogens (tertiary/aromatic N) is 2. The van der Waals surface area contributed by atoms with Crippen molar-refractivity contribution < 1.29 is 22.5 Å². The van der Waals surface area contributed by atoms with E-state index in [1.165, 1.54) is 12.1 Å². The summed E-state index contributed by atoms with van der Waals surface area (Å²) in [5, 5.41) is 18.8. The molecule has 1 N–H and O–H groups in total. The molecule has 1 aliphatic heterocycles. The van der Waals surface area contributed by atoms with Gasteiger partial charge in [-0.2, -0.15) is 0 Å². The van der Waals surface area contributed by atoms with Crippen molar-refractivity contribution in [3.8, 4) is 11.3 Å². The van der Waals surface area contributed by atoms with Gasteiger partial charge in [0.1, 0.15) is 17.1 Å². The number of halogens is 2. The van der Waals surface area contributed by atoms with E-state index in [4.69, 9.17) is 32.5 Å². The van der Waals surface area contributed by atoms with Crippen LogP contribution in [0.25, 0.3) is 11.3 Å². The zero-order valence-corrected chi connectivity index (χ0v) is 24.4. The third-order valence-corrected chi connectivity index (χ3v) is 11.3. The molecule has 12 heteroatoms. The topological polar surface area (TPSA) is 122 Å². The standard InChI is InChI=1S/C29H29Cl2N3O6S/c30-23-2-1-3-24(31)26(23)27-22(28(40-32-27)16-4-5-16)15-39-25-13-20-12-18(25)14-34(20,36)19-8-6-17(7-9-19)29(35)33-41(37,38)21-10-11-21/h1-3,6-9,16,18,20-21,25H,4-5,10-15H2,(H,33,35)/t18-,20-,25+,34?/m0/s1. The first-order chi connectivity index (χ1) is 19.6. The van der Waals surface area contributed by atoms with Gasteiger partial charge in [-0.15, -0.1) is 0 Å². The van der Waals surface area contributed by atoms with Gasteiger partial charge in [-0.1, -0.05) is 34.4 Å². The fourth-order valence-electron chi connectivity index (χ4n) is 6.36. The highest BCUT2D eigenvalue weighted by atomic mass is 35.5. The van der Waals surface area contributed by atoms with E-state index < -0.39 is 25.8 Å². The number of benzene rings is 2. The fourth-order valence-corrected chi connectivity index (χ4v) is 8.24. The van der Waals surface area contributed by atoms with Gasteiger partial charge >= 0.3 is 0 Å². The number of piperidine rings is 1. The third-order valence-electron chi connectivity index (χ3n) is 8.87. The molecule has 3 saturated carbocycles. The Balaban J connectivity index is 1.03. The maximum Gasteiger partial charge on any atom is 0.264 e. The zero-order valence-electron chi connectivity index (χ0n) is 22.1. The first-order valence-corrected chi connectivity index (χ1v) is 16.2. The van der Waals surface area contributed by atoms with E-state index in [-0.39, 0.29) is 23.6 Å². The van der Waals surface area contributed by atoms with E-state index in [0.29, 0.717) is 65.3 Å². The zero-order chi connectivity index (χ0) is 28.5. The second-order valence-corrected chi connectivity index (χ2v) is 14.5. The lowest BCUT2D eigenvalue weighted by Gasteiger charge is -2.47. The number of nitrogens with one attached hydrogen (secondary N) is 1. The van der Waals surface area contributed by atoms with E-state index in [2.05, 4.69) is 9.88 Å². The summed E-state index contributed by atoms with van der Waals surface area (Å²) in [6, 6.07) is 11.5. The lowest BCUT2D eigenvalue weighted by Crippen LogP contribution is -2.52. The monoisotopic (exact) mass is 617 g/mol. The van der Waals surface area contributed by atoms with Crippen molar-refractivity contribution in [3.63, 3.8) is 0 Å². The number of sulfonamides is 1. The quantitative estimate of drug-likeness (QED) is 0.233. The van der Waals surface area contributed by atoms with Gasteiger partial charge in [0.05, 0.1) is 40.6 Å². The third kappa shape index (κ3) is 4.98. The van der Waals surface area contributed by atoms with Gasteiger partial charge in [0.15, 0.2) is 0 Å². The molecular weight excluding hydrogens is 589 g/mol. The maximum atomic E-state index is 14.0. The molecule has 4 atom stereocenters. The fraction of sp³-hybridized carbons (Fsp3) is 0.448. The first-order valence-electron chi connectivity index (χ1n) is 13.9. The van der Waals surface area contributed by atoms with Gasteiger partial charge in [-0.05, 0) is 49.9 Å². The molecule has 1 amide bonds. The molecule has 41 heavy (non-hydrogen) atoms. The molecule has 3 aliphatic carbocycles. The second kappa shape index (κ2) is 10.1. The van der Waals surface area contributed by atoms with Crippen molar-refractivity contribution in [1.29, 1.82) is 0 Å². The molecule has 1 aromatic heterocycles. The van der Waals surface area contributed by atoms with Gasteiger partial charge in [0.2, 0.25) is 10.0 Å². The van der Waals surface area contributed by atoms with E-state index in [1.54, 1.807) is 30.3 Å². The smallest absolute Gasteiger partial charge is 0.264 e. The van der Waals surface area contributed by atoms with Crippen molar-refractivity contribution in [2.24, 2.45) is 5.92 Å². The molecule has 4 fully saturated rings. The molecule has 2 heterocycles. The summed E-state index contributed by atoms with van der Waals surface area (Å²) in [6.07, 6.45) is 4.51. The molecule has 216 valence electrons. The van der Waals surface area contributed by atoms with Gasteiger partial charge in [-0.3, -0.25) is 4.79 Å². The van der Waals surface area contributed by atoms with E-state index in [0.717, 1.165) is 30.6 Å². The van der Waals surface area contributed by atoms with E-state index in [1.807, 2.05) is 0 Å². The van der Waals surface area contributed by atoms with Gasteiger partial charge in [0.25, 0.3) is 5.91 Å². The Morgan fingerprint density at radius 1 is 1.07 bits per heavy atom. The minimum Gasteiger partial charge on any atom is -0.627 e. The summed E-state index contributed by atoms with van der Waals surface area (Å²) in [7, 11) is -3.64. The van der Waals surface area contributed by atoms with Crippen LogP contribution < -0.4 is 9.37 Å². The average Bonchev–Trinajstić information content (AvgIpc) is 3.87. The van der Waals surface area contributed by atoms with Gasteiger partial charge < -0.3 is 19.1 Å². The molecule has 0 radical (unpaired) electrons. The number of hydrogen-bond donors (Lipinski definition) is 1. The molecule has 0 spiro atoms. The number of rotatable bonds is 9. The minimum atomic E-state index is -3.64. The highest BCUT2D eigenvalue weighted by molar-refractivity contribution is 7.91. The van der Waals surface area contributed by atoms with Crippen LogP contribution in [0.15, 0.2) is 47.0 Å². The predicted octanol–water partition coefficient (Wildman–Crippen LogP) is 5.93. The van der Waals surface area contributed by atoms with Crippen LogP contribution in [0.1, 0.15) is 66.1 Å². The molecule has 1 unspecified atom stereocenters. The molecule has 2 bridgehead atoms. The molecule has 1 saturated heterocycles. The van der Waals surface area contributed by atoms with Crippen LogP contribution in [0.3, 0.4) is 0 Å². The van der Waals surface area contributed by atoms with Gasteiger partial charge in [0, 0.05) is 53.5 Å². The average molecular weight is 619 g/mol. The molecule has 2 aromatic carbocycles. The lowest BCUT2D eigenvalue weighted by molar-refractivity contribution is -0.00310. The number of ether oxygens (including phenoxy) is 1. The summed E-state index contributed by atoms with van der Waals surface area (Å²) in [4.78, 5) is 12.5. The SMILES string of the molecule is O=C(NS(=O)(=O)C1CC1)c1ccc([N+]2([O-])C[C@@H]3C[C@H]2C[C@H]3OCc2c(-c3c(Cl)cccc3Cl)noc2C2CC2)cc1. The van der Waals surface area contributed by atoms with Gasteiger partial charge in [-0.25, -0.2) is 13.1 Å². The number of quaternary nitrogens is 1. The number of carbonyl (C=O) groups is 1. The Hall–Kier alpha value is -2.47. The van der Waals surface area contributed by atoms with Crippen LogP contribution in [-0.2, 0) is 21.4 Å². The molecule has 7 rings (SSSR count). The predicted molar refractivity (Wildman–Crippen MR) is 155 cm³/mol. The number of fused-ring (bicyclic) bond motifs is 2. The van der Waals surface area contributed by atoms with Crippen molar-refractivity contribution in [1.82, 2.24) is 14.5 Å². The van der Waals surface area contributed by atoms with Crippen LogP contribution in [0.4, 0.5) is 5.69 Å². The first kappa shape index (κ1) is 27.4. The number of aromatic nitrogens is 1. The summed E-state index contributed by atoms with van der Waals surface area (Å²) in [6.45, 7) is 0.672. The van der Waals surface area contributed by atoms with Crippen LogP contribution in [-0.4, -0.2) is 43.4 Å². The van der Waals surface area contributed by atoms with Crippen LogP contribution in [0.2, 0.25) is 10.0 Å². The van der Waals surface area contributed by atoms with Crippen molar-refractivity contribution in [2.45, 2.75) is 68.4 Å². The van der Waals surface area contributed by atoms with E-state index >= 15 is 0 Å². The summed E-state index contributed by atoms with van der Waals surface area (Å²) in [5.74, 6) is 0.554. The lowest BCUT2D eigenvalue weighted by atomic mass is 10.0. The summed E-state index contributed by atoms with van der Waals surface area (Å²) >= 11 is 13.0. The molecule has 4 aliphatic rings. The van der Waals surface area contributed by atoms with Crippen molar-refractivity contribution >= 4 is 44.8 Å². The molecule has 3 aromatic rings. The largest absolute Gasteiger partial charge is 0.627 e. The molecule has 9 nitrogen and oxygen atoms in total. The Kier molecular flexibility index (Phi) is 6.72. The number of carbonyl (C=O) groups excluding carboxylic acids is 1. The van der Waals surface area contributed by atoms with Crippen LogP contribution >= 0.6 is 23.2 Å². The Morgan fingerprint density at radius 3 is 2.39 bits per heavy atom. The number of hydrogen-bond acceptors (Lipinski definition) is 7. The summed E-state index contributed by atoms with van der Waals surface area (Å²) in [5.41, 5.74) is 2.88. The highest BCUT2D eigenvalue weighted by Crippen LogP contribution is 2.49. The van der Waals surface area contributed by atoms with Crippen LogP contribution in [0, 0.1) is 11.1 Å². The Labute approximate surface area is 248 Å². The number of hydroxylamine groups is 2. The van der Waals surface area contributed by atoms with E-state index in [9.17, 15) is 18.4 Å².